The molecule has 0 aromatic heterocycles. The van der Waals surface area contributed by atoms with Crippen LogP contribution in [0.1, 0.15) is 58.3 Å². The molecule has 0 aromatic carbocycles. The van der Waals surface area contributed by atoms with Crippen molar-refractivity contribution in [1.82, 2.24) is 10.2 Å². The van der Waals surface area contributed by atoms with Gasteiger partial charge in [-0.15, -0.1) is 0 Å². The van der Waals surface area contributed by atoms with Gasteiger partial charge in [0, 0.05) is 12.6 Å². The minimum Gasteiger partial charge on any atom is -0.317 e. The molecule has 18 heavy (non-hydrogen) atoms. The molecule has 1 saturated carbocycles. The van der Waals surface area contributed by atoms with Gasteiger partial charge in [0.25, 0.3) is 0 Å². The first-order valence-corrected chi connectivity index (χ1v) is 8.22. The van der Waals surface area contributed by atoms with Crippen LogP contribution in [0, 0.1) is 11.3 Å². The standard InChI is InChI=1S/C16H30N2/c1-16(8-10-17-11-9-16)13-18-12-4-6-14-5-2-3-7-15(14)18/h14-15,17H,2-13H2,1H3/t14-,15-/m1/s1. The number of likely N-dealkylation sites (tertiary alicyclic amines) is 1. The van der Waals surface area contributed by atoms with Gasteiger partial charge in [0.05, 0.1) is 0 Å². The van der Waals surface area contributed by atoms with Crippen molar-refractivity contribution in [2.75, 3.05) is 26.2 Å². The summed E-state index contributed by atoms with van der Waals surface area (Å²) in [5.41, 5.74) is 0.588. The zero-order valence-electron chi connectivity index (χ0n) is 12.1. The Bertz CT molecular complexity index is 268. The smallest absolute Gasteiger partial charge is 0.0124 e. The molecule has 2 heterocycles. The third kappa shape index (κ3) is 2.75. The van der Waals surface area contributed by atoms with Crippen LogP contribution >= 0.6 is 0 Å². The first-order chi connectivity index (χ1) is 8.77. The van der Waals surface area contributed by atoms with E-state index < -0.39 is 0 Å². The number of fused-ring (bicyclic) bond motifs is 1. The highest BCUT2D eigenvalue weighted by molar-refractivity contribution is 4.91. The Morgan fingerprint density at radius 2 is 1.78 bits per heavy atom. The normalized spacial score (nSPS) is 37.2. The fourth-order valence-corrected chi connectivity index (χ4v) is 4.60. The molecule has 2 aliphatic heterocycles. The van der Waals surface area contributed by atoms with Gasteiger partial charge in [-0.25, -0.2) is 0 Å². The molecular weight excluding hydrogens is 220 g/mol. The third-order valence-electron chi connectivity index (χ3n) is 5.75. The van der Waals surface area contributed by atoms with E-state index in [1.807, 2.05) is 0 Å². The molecule has 2 heteroatoms. The summed E-state index contributed by atoms with van der Waals surface area (Å²) < 4.78 is 0. The van der Waals surface area contributed by atoms with E-state index in [0.717, 1.165) is 12.0 Å². The van der Waals surface area contributed by atoms with E-state index in [0.29, 0.717) is 5.41 Å². The minimum atomic E-state index is 0.588. The van der Waals surface area contributed by atoms with Crippen molar-refractivity contribution in [1.29, 1.82) is 0 Å². The molecule has 3 rings (SSSR count). The molecule has 1 aliphatic carbocycles. The summed E-state index contributed by atoms with van der Waals surface area (Å²) in [5, 5.41) is 3.51. The number of piperidine rings is 2. The maximum absolute atomic E-state index is 3.51. The first kappa shape index (κ1) is 12.9. The predicted molar refractivity (Wildman–Crippen MR) is 76.8 cm³/mol. The minimum absolute atomic E-state index is 0.588. The number of hydrogen-bond acceptors (Lipinski definition) is 2. The van der Waals surface area contributed by atoms with Crippen LogP contribution in [-0.2, 0) is 0 Å². The second-order valence-electron chi connectivity index (χ2n) is 7.29. The molecule has 0 bridgehead atoms. The number of hydrogen-bond donors (Lipinski definition) is 1. The van der Waals surface area contributed by atoms with Crippen molar-refractivity contribution >= 4 is 0 Å². The van der Waals surface area contributed by atoms with Crippen LogP contribution < -0.4 is 5.32 Å². The molecule has 2 saturated heterocycles. The molecule has 0 radical (unpaired) electrons. The summed E-state index contributed by atoms with van der Waals surface area (Å²) in [5.74, 6) is 1.04. The van der Waals surface area contributed by atoms with Gasteiger partial charge in [0.2, 0.25) is 0 Å². The van der Waals surface area contributed by atoms with Crippen LogP contribution in [0.3, 0.4) is 0 Å². The Kier molecular flexibility index (Phi) is 3.95. The van der Waals surface area contributed by atoms with Gasteiger partial charge < -0.3 is 5.32 Å². The monoisotopic (exact) mass is 250 g/mol. The average Bonchev–Trinajstić information content (AvgIpc) is 2.40. The van der Waals surface area contributed by atoms with E-state index in [9.17, 15) is 0 Å². The highest BCUT2D eigenvalue weighted by atomic mass is 15.2. The molecule has 0 amide bonds. The first-order valence-electron chi connectivity index (χ1n) is 8.22. The van der Waals surface area contributed by atoms with E-state index in [4.69, 9.17) is 0 Å². The van der Waals surface area contributed by atoms with Gasteiger partial charge in [-0.1, -0.05) is 19.8 Å². The van der Waals surface area contributed by atoms with Crippen molar-refractivity contribution < 1.29 is 0 Å². The summed E-state index contributed by atoms with van der Waals surface area (Å²) in [6.07, 6.45) is 11.7. The summed E-state index contributed by atoms with van der Waals surface area (Å²) in [7, 11) is 0. The largest absolute Gasteiger partial charge is 0.317 e. The van der Waals surface area contributed by atoms with Crippen molar-refractivity contribution in [3.05, 3.63) is 0 Å². The van der Waals surface area contributed by atoms with E-state index in [-0.39, 0.29) is 0 Å². The Balaban J connectivity index is 1.63. The molecule has 104 valence electrons. The van der Waals surface area contributed by atoms with E-state index in [1.165, 1.54) is 77.5 Å². The summed E-state index contributed by atoms with van der Waals surface area (Å²) >= 11 is 0. The fourth-order valence-electron chi connectivity index (χ4n) is 4.60. The topological polar surface area (TPSA) is 15.3 Å². The summed E-state index contributed by atoms with van der Waals surface area (Å²) in [4.78, 5) is 2.89. The summed E-state index contributed by atoms with van der Waals surface area (Å²) in [6.45, 7) is 7.75. The van der Waals surface area contributed by atoms with Gasteiger partial charge in [-0.05, 0) is 69.5 Å². The van der Waals surface area contributed by atoms with Gasteiger partial charge in [-0.2, -0.15) is 0 Å². The summed E-state index contributed by atoms with van der Waals surface area (Å²) in [6, 6.07) is 0.944. The maximum atomic E-state index is 3.51. The van der Waals surface area contributed by atoms with Gasteiger partial charge >= 0.3 is 0 Å². The molecule has 3 aliphatic rings. The number of rotatable bonds is 2. The maximum Gasteiger partial charge on any atom is 0.0124 e. The van der Waals surface area contributed by atoms with E-state index in [2.05, 4.69) is 17.1 Å². The van der Waals surface area contributed by atoms with Crippen LogP contribution in [-0.4, -0.2) is 37.1 Å². The molecule has 1 N–H and O–H groups in total. The zero-order chi connectivity index (χ0) is 12.4. The molecule has 0 aromatic rings. The Hall–Kier alpha value is -0.0800. The SMILES string of the molecule is CC1(CN2CCC[C@H]3CCCC[C@H]32)CCNCC1. The van der Waals surface area contributed by atoms with Crippen molar-refractivity contribution in [2.45, 2.75) is 64.3 Å². The fraction of sp³-hybridized carbons (Fsp3) is 1.00. The van der Waals surface area contributed by atoms with Gasteiger partial charge in [0.1, 0.15) is 0 Å². The predicted octanol–water partition coefficient (Wildman–Crippen LogP) is 3.03. The van der Waals surface area contributed by atoms with Crippen molar-refractivity contribution in [3.63, 3.8) is 0 Å². The Labute approximate surface area is 113 Å². The number of nitrogens with zero attached hydrogens (tertiary/aromatic N) is 1. The van der Waals surface area contributed by atoms with Crippen LogP contribution in [0.4, 0.5) is 0 Å². The second-order valence-corrected chi connectivity index (χ2v) is 7.29. The van der Waals surface area contributed by atoms with Crippen LogP contribution in [0.2, 0.25) is 0 Å². The highest BCUT2D eigenvalue weighted by Crippen LogP contribution is 2.38. The Morgan fingerprint density at radius 1 is 1.06 bits per heavy atom. The molecule has 0 spiro atoms. The average molecular weight is 250 g/mol. The quantitative estimate of drug-likeness (QED) is 0.810. The Morgan fingerprint density at radius 3 is 2.61 bits per heavy atom. The van der Waals surface area contributed by atoms with Crippen LogP contribution in [0.15, 0.2) is 0 Å². The lowest BCUT2D eigenvalue weighted by atomic mass is 9.75. The molecule has 2 nitrogen and oxygen atoms in total. The van der Waals surface area contributed by atoms with Crippen LogP contribution in [0.5, 0.6) is 0 Å². The number of nitrogens with one attached hydrogen (secondary N) is 1. The van der Waals surface area contributed by atoms with Crippen LogP contribution in [0.25, 0.3) is 0 Å². The molecule has 0 unspecified atom stereocenters. The lowest BCUT2D eigenvalue weighted by Gasteiger charge is -2.48. The third-order valence-corrected chi connectivity index (χ3v) is 5.75. The molecule has 3 fully saturated rings. The highest BCUT2D eigenvalue weighted by Gasteiger charge is 2.37. The van der Waals surface area contributed by atoms with Crippen molar-refractivity contribution in [2.24, 2.45) is 11.3 Å². The molecular formula is C16H30N2. The lowest BCUT2D eigenvalue weighted by molar-refractivity contribution is 0.0190. The molecule has 2 atom stereocenters. The lowest BCUT2D eigenvalue weighted by Crippen LogP contribution is -2.52. The zero-order valence-corrected chi connectivity index (χ0v) is 12.1. The second kappa shape index (κ2) is 5.50. The van der Waals surface area contributed by atoms with E-state index >= 15 is 0 Å². The van der Waals surface area contributed by atoms with E-state index in [1.54, 1.807) is 0 Å². The van der Waals surface area contributed by atoms with Gasteiger partial charge in [0.15, 0.2) is 0 Å². The van der Waals surface area contributed by atoms with Crippen molar-refractivity contribution in [3.8, 4) is 0 Å². The van der Waals surface area contributed by atoms with Gasteiger partial charge in [-0.3, -0.25) is 4.90 Å².